The molecule has 2 heterocycles. The molecule has 108 valence electrons. The molecule has 20 heavy (non-hydrogen) atoms. The lowest BCUT2D eigenvalue weighted by molar-refractivity contribution is -0.790. The lowest BCUT2D eigenvalue weighted by Gasteiger charge is -2.31. The highest BCUT2D eigenvalue weighted by atomic mass is 16.2. The number of nitrogens with zero attached hydrogens (tertiary/aromatic N) is 4. The Bertz CT molecular complexity index is 521. The van der Waals surface area contributed by atoms with E-state index in [0.717, 1.165) is 0 Å². The Morgan fingerprint density at radius 2 is 1.80 bits per heavy atom. The van der Waals surface area contributed by atoms with E-state index in [2.05, 4.69) is 20.3 Å². The maximum Gasteiger partial charge on any atom is 0.424 e. The van der Waals surface area contributed by atoms with Crippen LogP contribution in [0.4, 0.5) is 16.7 Å². The summed E-state index contributed by atoms with van der Waals surface area (Å²) >= 11 is 0. The second-order valence-electron chi connectivity index (χ2n) is 4.96. The van der Waals surface area contributed by atoms with Crippen molar-refractivity contribution in [2.75, 3.05) is 24.6 Å². The van der Waals surface area contributed by atoms with Gasteiger partial charge in [0, 0.05) is 0 Å². The van der Waals surface area contributed by atoms with Crippen LogP contribution in [-0.4, -0.2) is 50.5 Å². The number of quaternary nitrogens is 1. The summed E-state index contributed by atoms with van der Waals surface area (Å²) in [6.45, 7) is 3.99. The van der Waals surface area contributed by atoms with E-state index in [1.54, 1.807) is 0 Å². The van der Waals surface area contributed by atoms with Gasteiger partial charge in [-0.25, -0.2) is 9.59 Å². The van der Waals surface area contributed by atoms with Crippen molar-refractivity contribution in [3.8, 4) is 0 Å². The Morgan fingerprint density at radius 1 is 1.20 bits per heavy atom. The number of nitrogens with two attached hydrogens (primary N) is 2. The Morgan fingerprint density at radius 3 is 2.25 bits per heavy atom. The first-order valence-electron chi connectivity index (χ1n) is 6.31. The van der Waals surface area contributed by atoms with Crippen LogP contribution in [0.2, 0.25) is 0 Å². The zero-order valence-electron chi connectivity index (χ0n) is 11.5. The van der Waals surface area contributed by atoms with Gasteiger partial charge in [0.05, 0.1) is 12.5 Å². The molecule has 1 unspecified atom stereocenters. The van der Waals surface area contributed by atoms with Crippen molar-refractivity contribution in [2.24, 2.45) is 0 Å². The smallest absolute Gasteiger partial charge is 0.368 e. The van der Waals surface area contributed by atoms with Crippen LogP contribution in [0.15, 0.2) is 0 Å². The topological polar surface area (TPSA) is 137 Å². The van der Waals surface area contributed by atoms with Crippen LogP contribution in [-0.2, 0) is 11.2 Å². The average Bonchev–Trinajstić information content (AvgIpc) is 2.63. The predicted octanol–water partition coefficient (Wildman–Crippen LogP) is -0.946. The van der Waals surface area contributed by atoms with Crippen molar-refractivity contribution in [2.45, 2.75) is 26.3 Å². The molecule has 1 saturated heterocycles. The normalized spacial score (nSPS) is 22.4. The molecule has 2 rings (SSSR count). The number of hydrogen-bond donors (Lipinski definition) is 3. The minimum atomic E-state index is -0.292. The molecule has 1 aromatic heterocycles. The molecule has 0 bridgehead atoms. The monoisotopic (exact) mass is 280 g/mol. The second-order valence-corrected chi connectivity index (χ2v) is 4.96. The van der Waals surface area contributed by atoms with E-state index >= 15 is 0 Å². The van der Waals surface area contributed by atoms with E-state index in [1.807, 2.05) is 13.8 Å². The summed E-state index contributed by atoms with van der Waals surface area (Å²) in [6.07, 6.45) is 0.314. The Balaban J connectivity index is 2.22. The van der Waals surface area contributed by atoms with Crippen LogP contribution in [0.3, 0.4) is 0 Å². The number of rotatable bonds is 4. The second kappa shape index (κ2) is 5.00. The van der Waals surface area contributed by atoms with Gasteiger partial charge in [-0.3, -0.25) is 5.32 Å². The Hall–Kier alpha value is -2.29. The highest BCUT2D eigenvalue weighted by Crippen LogP contribution is 2.20. The van der Waals surface area contributed by atoms with Crippen LogP contribution >= 0.6 is 0 Å². The molecular formula is C11H18N7O2+. The molecule has 0 aliphatic carbocycles. The maximum absolute atomic E-state index is 12.1. The number of aromatic nitrogens is 3. The molecule has 1 fully saturated rings. The minimum Gasteiger partial charge on any atom is -0.368 e. The highest BCUT2D eigenvalue weighted by molar-refractivity contribution is 5.92. The van der Waals surface area contributed by atoms with Gasteiger partial charge in [0.2, 0.25) is 11.9 Å². The number of urea groups is 1. The summed E-state index contributed by atoms with van der Waals surface area (Å²) in [5.74, 6) is 0.280. The van der Waals surface area contributed by atoms with Crippen molar-refractivity contribution in [3.05, 3.63) is 5.82 Å². The van der Waals surface area contributed by atoms with Gasteiger partial charge in [-0.15, -0.1) is 0 Å². The molecule has 0 radical (unpaired) electrons. The van der Waals surface area contributed by atoms with Gasteiger partial charge in [-0.05, 0) is 13.8 Å². The maximum atomic E-state index is 12.1. The van der Waals surface area contributed by atoms with E-state index in [1.165, 1.54) is 0 Å². The number of carbonyl (C=O) groups is 2. The van der Waals surface area contributed by atoms with Crippen LogP contribution in [0.25, 0.3) is 0 Å². The Labute approximate surface area is 116 Å². The number of amides is 3. The Kier molecular flexibility index (Phi) is 3.53. The summed E-state index contributed by atoms with van der Waals surface area (Å²) in [5, 5.41) is 2.58. The molecule has 9 heteroatoms. The number of nitrogens with one attached hydrogen (secondary N) is 1. The predicted molar refractivity (Wildman–Crippen MR) is 71.0 cm³/mol. The van der Waals surface area contributed by atoms with Crippen LogP contribution in [0.1, 0.15) is 19.7 Å². The van der Waals surface area contributed by atoms with Crippen molar-refractivity contribution >= 4 is 23.8 Å². The zero-order valence-corrected chi connectivity index (χ0v) is 11.5. The molecule has 0 aromatic carbocycles. The molecular weight excluding hydrogens is 262 g/mol. The summed E-state index contributed by atoms with van der Waals surface area (Å²) < 4.78 is -0.258. The fourth-order valence-corrected chi connectivity index (χ4v) is 2.40. The number of imide groups is 1. The molecule has 0 spiro atoms. The molecule has 3 amide bonds. The van der Waals surface area contributed by atoms with Crippen molar-refractivity contribution < 1.29 is 14.1 Å². The van der Waals surface area contributed by atoms with Crippen LogP contribution in [0.5, 0.6) is 0 Å². The van der Waals surface area contributed by atoms with Crippen molar-refractivity contribution in [1.82, 2.24) is 20.3 Å². The summed E-state index contributed by atoms with van der Waals surface area (Å²) in [4.78, 5) is 35.7. The van der Waals surface area contributed by atoms with Gasteiger partial charge in [0.1, 0.15) is 18.9 Å². The largest absolute Gasteiger partial charge is 0.424 e. The lowest BCUT2D eigenvalue weighted by atomic mass is 10.2. The summed E-state index contributed by atoms with van der Waals surface area (Å²) in [7, 11) is 0. The van der Waals surface area contributed by atoms with E-state index in [-0.39, 0.29) is 47.4 Å². The standard InChI is InChI=1S/C11H17N7O2/c1-6(2)18(8(19)5-14-11(18)20)4-3-7-15-9(12)17-10(13)16-7/h6H,3-5H2,1-2H3,(H4-,12,13,14,15,16,17,20)/p+1. The number of nitrogen functional groups attached to an aromatic ring is 2. The molecule has 5 N–H and O–H groups in total. The van der Waals surface area contributed by atoms with Gasteiger partial charge in [-0.1, -0.05) is 0 Å². The van der Waals surface area contributed by atoms with Gasteiger partial charge in [-0.2, -0.15) is 19.4 Å². The van der Waals surface area contributed by atoms with E-state index in [0.29, 0.717) is 12.2 Å². The minimum absolute atomic E-state index is 0.0285. The molecule has 9 nitrogen and oxygen atoms in total. The van der Waals surface area contributed by atoms with Crippen LogP contribution in [0, 0.1) is 0 Å². The van der Waals surface area contributed by atoms with Crippen molar-refractivity contribution in [1.29, 1.82) is 0 Å². The SMILES string of the molecule is CC(C)[N+]1(CCc2nc(N)nc(N)n2)C(=O)CNC1=O. The molecule has 1 atom stereocenters. The first-order chi connectivity index (χ1) is 9.36. The fraction of sp³-hybridized carbons (Fsp3) is 0.545. The van der Waals surface area contributed by atoms with Gasteiger partial charge in [0.25, 0.3) is 0 Å². The summed E-state index contributed by atoms with van der Waals surface area (Å²) in [6, 6.07) is -0.457. The third-order valence-electron chi connectivity index (χ3n) is 3.48. The van der Waals surface area contributed by atoms with Gasteiger partial charge >= 0.3 is 11.9 Å². The third kappa shape index (κ3) is 2.27. The highest BCUT2D eigenvalue weighted by Gasteiger charge is 2.52. The number of carbonyl (C=O) groups excluding carboxylic acids is 2. The van der Waals surface area contributed by atoms with Gasteiger partial charge in [0.15, 0.2) is 0 Å². The zero-order chi connectivity index (χ0) is 14.9. The average molecular weight is 280 g/mol. The van der Waals surface area contributed by atoms with Crippen LogP contribution < -0.4 is 16.8 Å². The molecule has 1 aliphatic heterocycles. The first-order valence-corrected chi connectivity index (χ1v) is 6.31. The first kappa shape index (κ1) is 14.1. The lowest BCUT2D eigenvalue weighted by Crippen LogP contribution is -2.59. The van der Waals surface area contributed by atoms with Crippen molar-refractivity contribution in [3.63, 3.8) is 0 Å². The number of hydrogen-bond acceptors (Lipinski definition) is 7. The van der Waals surface area contributed by atoms with E-state index in [4.69, 9.17) is 11.5 Å². The molecule has 1 aromatic rings. The molecule has 0 saturated carbocycles. The van der Waals surface area contributed by atoms with Gasteiger partial charge < -0.3 is 11.5 Å². The number of anilines is 2. The van der Waals surface area contributed by atoms with E-state index < -0.39 is 0 Å². The quantitative estimate of drug-likeness (QED) is 0.477. The third-order valence-corrected chi connectivity index (χ3v) is 3.48. The fourth-order valence-electron chi connectivity index (χ4n) is 2.40. The summed E-state index contributed by atoms with van der Waals surface area (Å²) in [5.41, 5.74) is 11.0. The molecule has 1 aliphatic rings. The van der Waals surface area contributed by atoms with E-state index in [9.17, 15) is 9.59 Å².